The fraction of sp³-hybridized carbons (Fsp3) is 0.391. The summed E-state index contributed by atoms with van der Waals surface area (Å²) >= 11 is 1.53. The average Bonchev–Trinajstić information content (AvgIpc) is 3.24. The second-order valence-electron chi connectivity index (χ2n) is 7.37. The molecular weight excluding hydrogens is 414 g/mol. The first-order chi connectivity index (χ1) is 15.1. The van der Waals surface area contributed by atoms with Crippen molar-refractivity contribution in [1.29, 1.82) is 0 Å². The molecule has 8 heteroatoms. The molecule has 0 unspecified atom stereocenters. The molecule has 1 aliphatic rings. The number of carbonyl (C=O) groups is 1. The zero-order valence-corrected chi connectivity index (χ0v) is 18.9. The van der Waals surface area contributed by atoms with Crippen molar-refractivity contribution in [1.82, 2.24) is 9.88 Å². The first kappa shape index (κ1) is 21.5. The largest absolute Gasteiger partial charge is 0.493 e. The normalized spacial score (nSPS) is 14.5. The van der Waals surface area contributed by atoms with Crippen LogP contribution in [0.3, 0.4) is 0 Å². The van der Waals surface area contributed by atoms with Crippen LogP contribution in [0.25, 0.3) is 10.2 Å². The van der Waals surface area contributed by atoms with Crippen molar-refractivity contribution in [3.63, 3.8) is 0 Å². The minimum Gasteiger partial charge on any atom is -0.493 e. The first-order valence-electron chi connectivity index (χ1n) is 10.3. The number of hydrogen-bond acceptors (Lipinski definition) is 7. The van der Waals surface area contributed by atoms with E-state index in [1.165, 1.54) is 11.3 Å². The van der Waals surface area contributed by atoms with Gasteiger partial charge in [0.05, 0.1) is 43.2 Å². The van der Waals surface area contributed by atoms with E-state index < -0.39 is 0 Å². The highest BCUT2D eigenvalue weighted by Crippen LogP contribution is 2.35. The number of thiazole rings is 1. The minimum atomic E-state index is -0.152. The van der Waals surface area contributed by atoms with Crippen LogP contribution in [0.15, 0.2) is 36.4 Å². The molecule has 0 saturated carbocycles. The summed E-state index contributed by atoms with van der Waals surface area (Å²) in [6.07, 6.45) is 0. The summed E-state index contributed by atoms with van der Waals surface area (Å²) in [7, 11) is 3.12. The summed E-state index contributed by atoms with van der Waals surface area (Å²) in [5.74, 6) is 0.811. The van der Waals surface area contributed by atoms with Crippen molar-refractivity contribution >= 4 is 32.6 Å². The maximum Gasteiger partial charge on any atom is 0.264 e. The molecule has 0 atom stereocenters. The van der Waals surface area contributed by atoms with Crippen LogP contribution in [-0.4, -0.2) is 69.4 Å². The lowest BCUT2D eigenvalue weighted by Crippen LogP contribution is -2.43. The zero-order chi connectivity index (χ0) is 21.8. The van der Waals surface area contributed by atoms with Gasteiger partial charge in [-0.05, 0) is 30.7 Å². The van der Waals surface area contributed by atoms with Gasteiger partial charge >= 0.3 is 0 Å². The quantitative estimate of drug-likeness (QED) is 0.558. The summed E-state index contributed by atoms with van der Waals surface area (Å²) in [5, 5.41) is 0.687. The number of nitrogens with zero attached hydrogens (tertiary/aromatic N) is 3. The van der Waals surface area contributed by atoms with Crippen molar-refractivity contribution in [3.05, 3.63) is 47.5 Å². The Kier molecular flexibility index (Phi) is 6.70. The molecule has 4 rings (SSSR count). The number of para-hydroxylation sites is 2. The molecule has 31 heavy (non-hydrogen) atoms. The molecule has 1 saturated heterocycles. The summed E-state index contributed by atoms with van der Waals surface area (Å²) in [6, 6.07) is 11.5. The van der Waals surface area contributed by atoms with Gasteiger partial charge in [-0.25, -0.2) is 4.98 Å². The van der Waals surface area contributed by atoms with Gasteiger partial charge in [0.2, 0.25) is 0 Å². The van der Waals surface area contributed by atoms with Crippen LogP contribution in [0.1, 0.15) is 15.9 Å². The van der Waals surface area contributed by atoms with Gasteiger partial charge in [-0.1, -0.05) is 29.5 Å². The van der Waals surface area contributed by atoms with E-state index in [0.717, 1.165) is 48.6 Å². The zero-order valence-electron chi connectivity index (χ0n) is 18.1. The van der Waals surface area contributed by atoms with Crippen molar-refractivity contribution in [3.8, 4) is 11.5 Å². The molecule has 7 nitrogen and oxygen atoms in total. The van der Waals surface area contributed by atoms with E-state index in [-0.39, 0.29) is 5.91 Å². The summed E-state index contributed by atoms with van der Waals surface area (Å²) in [4.78, 5) is 22.6. The molecule has 1 amide bonds. The highest BCUT2D eigenvalue weighted by molar-refractivity contribution is 7.22. The summed E-state index contributed by atoms with van der Waals surface area (Å²) in [5.41, 5.74) is 2.49. The number of rotatable bonds is 7. The smallest absolute Gasteiger partial charge is 0.264 e. The number of ether oxygens (including phenoxy) is 3. The number of hydrogen-bond donors (Lipinski definition) is 0. The molecule has 0 N–H and O–H groups in total. The van der Waals surface area contributed by atoms with Gasteiger partial charge in [-0.3, -0.25) is 14.6 Å². The van der Waals surface area contributed by atoms with Crippen LogP contribution in [0.5, 0.6) is 11.5 Å². The van der Waals surface area contributed by atoms with Crippen molar-refractivity contribution < 1.29 is 19.0 Å². The molecule has 164 valence electrons. The number of aryl methyl sites for hydroxylation is 1. The maximum atomic E-state index is 13.7. The van der Waals surface area contributed by atoms with E-state index in [4.69, 9.17) is 19.2 Å². The van der Waals surface area contributed by atoms with Gasteiger partial charge in [-0.15, -0.1) is 0 Å². The van der Waals surface area contributed by atoms with Crippen molar-refractivity contribution in [2.45, 2.75) is 6.92 Å². The Bertz CT molecular complexity index is 1060. The highest BCUT2D eigenvalue weighted by Gasteiger charge is 2.26. The second kappa shape index (κ2) is 9.64. The third kappa shape index (κ3) is 4.51. The summed E-state index contributed by atoms with van der Waals surface area (Å²) in [6.45, 7) is 6.48. The lowest BCUT2D eigenvalue weighted by Gasteiger charge is -2.29. The number of methoxy groups -OCH3 is 2. The van der Waals surface area contributed by atoms with Crippen LogP contribution < -0.4 is 14.4 Å². The topological polar surface area (TPSA) is 64.1 Å². The first-order valence-corrected chi connectivity index (χ1v) is 11.1. The minimum absolute atomic E-state index is 0.152. The van der Waals surface area contributed by atoms with E-state index in [1.54, 1.807) is 37.3 Å². The highest BCUT2D eigenvalue weighted by atomic mass is 32.1. The van der Waals surface area contributed by atoms with Crippen LogP contribution in [0.2, 0.25) is 0 Å². The lowest BCUT2D eigenvalue weighted by molar-refractivity contribution is 0.0391. The SMILES string of the molecule is COc1cccc(C(=O)N(CCN2CCOCC2)c2nc3c(C)cccc3s2)c1OC. The van der Waals surface area contributed by atoms with E-state index in [9.17, 15) is 4.79 Å². The number of amides is 1. The van der Waals surface area contributed by atoms with Gasteiger partial charge in [0.25, 0.3) is 5.91 Å². The second-order valence-corrected chi connectivity index (χ2v) is 8.38. The Labute approximate surface area is 186 Å². The number of benzene rings is 2. The Morgan fingerprint density at radius 1 is 1.16 bits per heavy atom. The average molecular weight is 442 g/mol. The Balaban J connectivity index is 1.70. The fourth-order valence-corrected chi connectivity index (χ4v) is 4.81. The number of carbonyl (C=O) groups excluding carboxylic acids is 1. The van der Waals surface area contributed by atoms with Gasteiger partial charge < -0.3 is 14.2 Å². The number of morpholine rings is 1. The van der Waals surface area contributed by atoms with Gasteiger partial charge in [0, 0.05) is 26.2 Å². The summed E-state index contributed by atoms with van der Waals surface area (Å²) < 4.78 is 17.5. The Hall–Kier alpha value is -2.68. The predicted molar refractivity (Wildman–Crippen MR) is 123 cm³/mol. The Morgan fingerprint density at radius 2 is 1.94 bits per heavy atom. The van der Waals surface area contributed by atoms with Gasteiger partial charge in [-0.2, -0.15) is 0 Å². The molecular formula is C23H27N3O4S. The van der Waals surface area contributed by atoms with E-state index in [0.29, 0.717) is 28.7 Å². The van der Waals surface area contributed by atoms with Gasteiger partial charge in [0.1, 0.15) is 0 Å². The molecule has 0 spiro atoms. The van der Waals surface area contributed by atoms with E-state index >= 15 is 0 Å². The number of anilines is 1. The molecule has 0 aliphatic carbocycles. The van der Waals surface area contributed by atoms with Crippen LogP contribution >= 0.6 is 11.3 Å². The molecule has 1 fully saturated rings. The molecule has 2 aromatic carbocycles. The van der Waals surface area contributed by atoms with Crippen LogP contribution in [0, 0.1) is 6.92 Å². The lowest BCUT2D eigenvalue weighted by atomic mass is 10.1. The van der Waals surface area contributed by atoms with E-state index in [2.05, 4.69) is 4.90 Å². The maximum absolute atomic E-state index is 13.7. The van der Waals surface area contributed by atoms with Crippen LogP contribution in [0.4, 0.5) is 5.13 Å². The standard InChI is InChI=1S/C23H27N3O4S/c1-16-6-4-9-19-20(16)24-23(31-19)26(11-10-25-12-14-30-15-13-25)22(27)17-7-5-8-18(28-2)21(17)29-3/h4-9H,10-15H2,1-3H3. The third-order valence-electron chi connectivity index (χ3n) is 5.46. The molecule has 1 aliphatic heterocycles. The molecule has 3 aromatic rings. The fourth-order valence-electron chi connectivity index (χ4n) is 3.74. The number of fused-ring (bicyclic) bond motifs is 1. The Morgan fingerprint density at radius 3 is 2.65 bits per heavy atom. The molecule has 0 radical (unpaired) electrons. The van der Waals surface area contributed by atoms with Crippen molar-refractivity contribution in [2.75, 3.05) is 58.5 Å². The van der Waals surface area contributed by atoms with E-state index in [1.807, 2.05) is 25.1 Å². The van der Waals surface area contributed by atoms with Crippen molar-refractivity contribution in [2.24, 2.45) is 0 Å². The molecule has 2 heterocycles. The predicted octanol–water partition coefficient (Wildman–Crippen LogP) is 3.60. The molecule has 1 aromatic heterocycles. The number of aromatic nitrogens is 1. The van der Waals surface area contributed by atoms with Crippen LogP contribution in [-0.2, 0) is 4.74 Å². The molecule has 0 bridgehead atoms. The third-order valence-corrected chi connectivity index (χ3v) is 6.51. The monoisotopic (exact) mass is 441 g/mol. The van der Waals surface area contributed by atoms with Gasteiger partial charge in [0.15, 0.2) is 16.6 Å².